The first kappa shape index (κ1) is 27.1. The minimum atomic E-state index is -0.707. The lowest BCUT2D eigenvalue weighted by molar-refractivity contribution is -0.0338. The van der Waals surface area contributed by atoms with Gasteiger partial charge in [0.2, 0.25) is 0 Å². The summed E-state index contributed by atoms with van der Waals surface area (Å²) in [5.41, 5.74) is 0.826. The van der Waals surface area contributed by atoms with Crippen molar-refractivity contribution in [2.24, 2.45) is 0 Å². The minimum absolute atomic E-state index is 0.106. The number of pyridine rings is 1. The smallest absolute Gasteiger partial charge is 0.411 e. The molecule has 1 N–H and O–H groups in total. The Kier molecular flexibility index (Phi) is 8.01. The van der Waals surface area contributed by atoms with E-state index in [2.05, 4.69) is 20.3 Å². The van der Waals surface area contributed by atoms with Crippen LogP contribution in [0, 0.1) is 5.82 Å². The van der Waals surface area contributed by atoms with Crippen molar-refractivity contribution >= 4 is 17.7 Å². The lowest BCUT2D eigenvalue weighted by Gasteiger charge is -2.37. The molecule has 1 aromatic carbocycles. The van der Waals surface area contributed by atoms with Gasteiger partial charge < -0.3 is 14.8 Å². The van der Waals surface area contributed by atoms with Gasteiger partial charge in [-0.1, -0.05) is 32.0 Å². The van der Waals surface area contributed by atoms with Gasteiger partial charge in [-0.05, 0) is 32.9 Å². The summed E-state index contributed by atoms with van der Waals surface area (Å²) in [6, 6.07) is 7.20. The van der Waals surface area contributed by atoms with E-state index in [9.17, 15) is 14.0 Å². The normalized spacial score (nSPS) is 15.9. The van der Waals surface area contributed by atoms with E-state index in [0.29, 0.717) is 23.7 Å². The number of carbonyl (C=O) groups excluding carboxylic acids is 2. The summed E-state index contributed by atoms with van der Waals surface area (Å²) in [4.78, 5) is 41.1. The largest absolute Gasteiger partial charge is 0.444 e. The number of halogens is 1. The highest BCUT2D eigenvalue weighted by Gasteiger charge is 2.35. The number of nitrogens with zero attached hydrogens (tertiary/aromatic N) is 4. The van der Waals surface area contributed by atoms with Gasteiger partial charge in [0.1, 0.15) is 23.3 Å². The number of benzene rings is 1. The van der Waals surface area contributed by atoms with Crippen molar-refractivity contribution in [2.75, 3.05) is 25.1 Å². The van der Waals surface area contributed by atoms with Crippen LogP contribution in [-0.4, -0.2) is 57.2 Å². The molecule has 1 atom stereocenters. The molecular formula is C28H32FN5O4. The maximum absolute atomic E-state index is 14.9. The topological polar surface area (TPSA) is 107 Å². The maximum atomic E-state index is 14.9. The van der Waals surface area contributed by atoms with E-state index in [-0.39, 0.29) is 35.9 Å². The molecule has 1 aliphatic heterocycles. The van der Waals surface area contributed by atoms with E-state index < -0.39 is 29.5 Å². The molecule has 0 spiro atoms. The first-order chi connectivity index (χ1) is 18.0. The van der Waals surface area contributed by atoms with Crippen LogP contribution in [0.25, 0.3) is 11.1 Å². The molecule has 0 radical (unpaired) electrons. The molecule has 0 bridgehead atoms. The Morgan fingerprint density at radius 2 is 1.82 bits per heavy atom. The second-order valence-corrected chi connectivity index (χ2v) is 10.3. The molecule has 200 valence electrons. The van der Waals surface area contributed by atoms with E-state index in [4.69, 9.17) is 9.47 Å². The zero-order valence-corrected chi connectivity index (χ0v) is 22.2. The van der Waals surface area contributed by atoms with Crippen LogP contribution >= 0.6 is 0 Å². The predicted octanol–water partition coefficient (Wildman–Crippen LogP) is 5.36. The average molecular weight is 522 g/mol. The van der Waals surface area contributed by atoms with Crippen LogP contribution in [0.4, 0.5) is 14.9 Å². The van der Waals surface area contributed by atoms with E-state index >= 15 is 0 Å². The first-order valence-electron chi connectivity index (χ1n) is 12.5. The standard InChI is InChI=1S/C28H32FN5O4/c1-17(2)25-31-14-18(15-32-25)26(35)33-23-20(19-8-6-7-9-21(19)29)10-11-30-24(23)22-16-37-13-12-34(22)27(36)38-28(3,4)5/h6-11,14-15,17,22H,12-13,16H2,1-5H3,(H,33,35). The Hall–Kier alpha value is -3.92. The second kappa shape index (κ2) is 11.2. The third-order valence-corrected chi connectivity index (χ3v) is 5.91. The molecular weight excluding hydrogens is 489 g/mol. The molecule has 9 nitrogen and oxygen atoms in total. The molecule has 3 aromatic rings. The number of amides is 2. The molecule has 3 heterocycles. The highest BCUT2D eigenvalue weighted by Crippen LogP contribution is 2.37. The quantitative estimate of drug-likeness (QED) is 0.482. The predicted molar refractivity (Wildman–Crippen MR) is 140 cm³/mol. The van der Waals surface area contributed by atoms with Crippen molar-refractivity contribution in [2.45, 2.75) is 52.2 Å². The fourth-order valence-corrected chi connectivity index (χ4v) is 4.07. The molecule has 0 aliphatic carbocycles. The van der Waals surface area contributed by atoms with E-state index in [1.54, 1.807) is 45.0 Å². The van der Waals surface area contributed by atoms with Gasteiger partial charge in [-0.2, -0.15) is 0 Å². The Bertz CT molecular complexity index is 1310. The van der Waals surface area contributed by atoms with Crippen LogP contribution in [-0.2, 0) is 9.47 Å². The summed E-state index contributed by atoms with van der Waals surface area (Å²) in [5, 5.41) is 2.89. The third kappa shape index (κ3) is 6.13. The van der Waals surface area contributed by atoms with Crippen LogP contribution in [0.5, 0.6) is 0 Å². The molecule has 4 rings (SSSR count). The minimum Gasteiger partial charge on any atom is -0.444 e. The van der Waals surface area contributed by atoms with Gasteiger partial charge in [-0.3, -0.25) is 14.7 Å². The average Bonchev–Trinajstić information content (AvgIpc) is 2.88. The number of hydrogen-bond donors (Lipinski definition) is 1. The molecule has 38 heavy (non-hydrogen) atoms. The molecule has 2 amide bonds. The van der Waals surface area contributed by atoms with Crippen LogP contribution in [0.15, 0.2) is 48.9 Å². The second-order valence-electron chi connectivity index (χ2n) is 10.3. The molecule has 1 unspecified atom stereocenters. The first-order valence-corrected chi connectivity index (χ1v) is 12.5. The monoisotopic (exact) mass is 521 g/mol. The highest BCUT2D eigenvalue weighted by molar-refractivity contribution is 6.06. The number of rotatable bonds is 5. The summed E-state index contributed by atoms with van der Waals surface area (Å²) in [6.07, 6.45) is 3.90. The van der Waals surface area contributed by atoms with E-state index in [1.807, 2.05) is 13.8 Å². The van der Waals surface area contributed by atoms with Crippen LogP contribution in [0.2, 0.25) is 0 Å². The molecule has 2 aromatic heterocycles. The number of carbonyl (C=O) groups is 2. The highest BCUT2D eigenvalue weighted by atomic mass is 19.1. The maximum Gasteiger partial charge on any atom is 0.411 e. The summed E-state index contributed by atoms with van der Waals surface area (Å²) in [5.74, 6) is -0.237. The Morgan fingerprint density at radius 1 is 1.11 bits per heavy atom. The van der Waals surface area contributed by atoms with Crippen molar-refractivity contribution in [1.82, 2.24) is 19.9 Å². The fourth-order valence-electron chi connectivity index (χ4n) is 4.07. The molecule has 1 aliphatic rings. The van der Waals surface area contributed by atoms with Gasteiger partial charge >= 0.3 is 6.09 Å². The van der Waals surface area contributed by atoms with Crippen molar-refractivity contribution in [3.8, 4) is 11.1 Å². The van der Waals surface area contributed by atoms with Gasteiger partial charge in [0.15, 0.2) is 0 Å². The molecule has 1 fully saturated rings. The van der Waals surface area contributed by atoms with Gasteiger partial charge in [0.05, 0.1) is 30.2 Å². The van der Waals surface area contributed by atoms with Crippen molar-refractivity contribution in [3.63, 3.8) is 0 Å². The number of aromatic nitrogens is 3. The van der Waals surface area contributed by atoms with E-state index in [0.717, 1.165) is 0 Å². The van der Waals surface area contributed by atoms with Gasteiger partial charge in [-0.25, -0.2) is 19.2 Å². The summed E-state index contributed by atoms with van der Waals surface area (Å²) in [6.45, 7) is 10.00. The Labute approximate surface area is 221 Å². The van der Waals surface area contributed by atoms with Crippen LogP contribution < -0.4 is 5.32 Å². The zero-order chi connectivity index (χ0) is 27.4. The fraction of sp³-hybridized carbons (Fsp3) is 0.393. The van der Waals surface area contributed by atoms with Gasteiger partial charge in [0, 0.05) is 42.2 Å². The number of ether oxygens (including phenoxy) is 2. The van der Waals surface area contributed by atoms with Gasteiger partial charge in [0.25, 0.3) is 5.91 Å². The number of hydrogen-bond acceptors (Lipinski definition) is 7. The van der Waals surface area contributed by atoms with Crippen molar-refractivity contribution < 1.29 is 23.5 Å². The summed E-state index contributed by atoms with van der Waals surface area (Å²) in [7, 11) is 0. The molecule has 1 saturated heterocycles. The number of anilines is 1. The zero-order valence-electron chi connectivity index (χ0n) is 22.2. The van der Waals surface area contributed by atoms with Gasteiger partial charge in [-0.15, -0.1) is 0 Å². The molecule has 10 heteroatoms. The lowest BCUT2D eigenvalue weighted by Crippen LogP contribution is -2.46. The Morgan fingerprint density at radius 3 is 2.47 bits per heavy atom. The third-order valence-electron chi connectivity index (χ3n) is 5.91. The number of nitrogens with one attached hydrogen (secondary N) is 1. The number of morpholine rings is 1. The summed E-state index contributed by atoms with van der Waals surface area (Å²) < 4.78 is 26.3. The van der Waals surface area contributed by atoms with Crippen molar-refractivity contribution in [1.29, 1.82) is 0 Å². The van der Waals surface area contributed by atoms with E-state index in [1.165, 1.54) is 29.6 Å². The van der Waals surface area contributed by atoms with Crippen molar-refractivity contribution in [3.05, 3.63) is 71.8 Å². The Balaban J connectivity index is 1.79. The molecule has 0 saturated carbocycles. The lowest BCUT2D eigenvalue weighted by atomic mass is 9.99. The summed E-state index contributed by atoms with van der Waals surface area (Å²) >= 11 is 0. The van der Waals surface area contributed by atoms with Crippen LogP contribution in [0.3, 0.4) is 0 Å². The van der Waals surface area contributed by atoms with Crippen LogP contribution in [0.1, 0.15) is 68.5 Å². The SMILES string of the molecule is CC(C)c1ncc(C(=O)Nc2c(-c3ccccc3F)ccnc2C2COCCN2C(=O)OC(C)(C)C)cn1.